The monoisotopic (exact) mass is 262 g/mol. The van der Waals surface area contributed by atoms with Gasteiger partial charge in [0.15, 0.2) is 5.82 Å². The van der Waals surface area contributed by atoms with Crippen LogP contribution in [-0.2, 0) is 17.6 Å². The maximum Gasteiger partial charge on any atom is 0.229 e. The molecule has 2 aromatic rings. The summed E-state index contributed by atoms with van der Waals surface area (Å²) in [5.41, 5.74) is 0.840. The van der Waals surface area contributed by atoms with Gasteiger partial charge >= 0.3 is 0 Å². The third kappa shape index (κ3) is 3.87. The van der Waals surface area contributed by atoms with Gasteiger partial charge in [-0.15, -0.1) is 0 Å². The van der Waals surface area contributed by atoms with E-state index in [0.29, 0.717) is 24.6 Å². The van der Waals surface area contributed by atoms with Crippen molar-refractivity contribution in [1.29, 1.82) is 0 Å². The van der Waals surface area contributed by atoms with Gasteiger partial charge in [-0.25, -0.2) is 0 Å². The fourth-order valence-corrected chi connectivity index (χ4v) is 1.75. The molecule has 0 spiro atoms. The van der Waals surface area contributed by atoms with Crippen LogP contribution < -0.4 is 0 Å². The first-order valence-electron chi connectivity index (χ1n) is 6.26. The number of benzene rings is 1. The highest BCUT2D eigenvalue weighted by Crippen LogP contribution is 2.17. The number of methoxy groups -OCH3 is 1. The molecule has 0 aliphatic carbocycles. The molecular formula is C14H18N2O3. The lowest BCUT2D eigenvalue weighted by Gasteiger charge is -2.07. The van der Waals surface area contributed by atoms with E-state index in [1.54, 1.807) is 7.11 Å². The van der Waals surface area contributed by atoms with Crippen molar-refractivity contribution in [1.82, 2.24) is 10.1 Å². The molecule has 0 amide bonds. The Labute approximate surface area is 112 Å². The summed E-state index contributed by atoms with van der Waals surface area (Å²) >= 11 is 0. The SMILES string of the molecule is COC(C)Cc1noc(CC(O)c2ccccc2)n1. The maximum absolute atomic E-state index is 10.1. The molecule has 2 unspecified atom stereocenters. The van der Waals surface area contributed by atoms with Crippen molar-refractivity contribution < 1.29 is 14.4 Å². The lowest BCUT2D eigenvalue weighted by Crippen LogP contribution is -2.09. The topological polar surface area (TPSA) is 68.4 Å². The maximum atomic E-state index is 10.1. The van der Waals surface area contributed by atoms with Crippen LogP contribution in [0.3, 0.4) is 0 Å². The minimum absolute atomic E-state index is 0.0458. The molecule has 0 fully saturated rings. The van der Waals surface area contributed by atoms with Crippen molar-refractivity contribution in [3.05, 3.63) is 47.6 Å². The molecule has 2 rings (SSSR count). The van der Waals surface area contributed by atoms with Crippen molar-refractivity contribution in [2.24, 2.45) is 0 Å². The van der Waals surface area contributed by atoms with Crippen LogP contribution in [0.25, 0.3) is 0 Å². The van der Waals surface area contributed by atoms with Crippen LogP contribution in [0.5, 0.6) is 0 Å². The fourth-order valence-electron chi connectivity index (χ4n) is 1.75. The predicted molar refractivity (Wildman–Crippen MR) is 69.6 cm³/mol. The van der Waals surface area contributed by atoms with E-state index in [1.807, 2.05) is 37.3 Å². The molecular weight excluding hydrogens is 244 g/mol. The van der Waals surface area contributed by atoms with Crippen LogP contribution in [-0.4, -0.2) is 28.5 Å². The zero-order chi connectivity index (χ0) is 13.7. The van der Waals surface area contributed by atoms with Crippen LogP contribution in [0.4, 0.5) is 0 Å². The van der Waals surface area contributed by atoms with E-state index in [9.17, 15) is 5.11 Å². The number of nitrogens with zero attached hydrogens (tertiary/aromatic N) is 2. The van der Waals surface area contributed by atoms with E-state index in [1.165, 1.54) is 0 Å². The molecule has 0 aliphatic rings. The van der Waals surface area contributed by atoms with Gasteiger partial charge in [-0.1, -0.05) is 35.5 Å². The van der Waals surface area contributed by atoms with Crippen molar-refractivity contribution in [2.75, 3.05) is 7.11 Å². The van der Waals surface area contributed by atoms with Crippen molar-refractivity contribution in [2.45, 2.75) is 32.0 Å². The van der Waals surface area contributed by atoms with E-state index < -0.39 is 6.10 Å². The van der Waals surface area contributed by atoms with Crippen LogP contribution in [0.1, 0.15) is 30.3 Å². The number of hydrogen-bond donors (Lipinski definition) is 1. The minimum Gasteiger partial charge on any atom is -0.388 e. The molecule has 5 nitrogen and oxygen atoms in total. The van der Waals surface area contributed by atoms with Gasteiger partial charge < -0.3 is 14.4 Å². The number of aromatic nitrogens is 2. The third-order valence-electron chi connectivity index (χ3n) is 2.93. The Hall–Kier alpha value is -1.72. The first kappa shape index (κ1) is 13.7. The van der Waals surface area contributed by atoms with Crippen LogP contribution in [0, 0.1) is 0 Å². The summed E-state index contributed by atoms with van der Waals surface area (Å²) in [7, 11) is 1.64. The van der Waals surface area contributed by atoms with E-state index >= 15 is 0 Å². The van der Waals surface area contributed by atoms with Gasteiger partial charge in [-0.2, -0.15) is 4.98 Å². The highest BCUT2D eigenvalue weighted by Gasteiger charge is 2.15. The molecule has 5 heteroatoms. The second kappa shape index (κ2) is 6.45. The van der Waals surface area contributed by atoms with Crippen LogP contribution in [0.15, 0.2) is 34.9 Å². The zero-order valence-electron chi connectivity index (χ0n) is 11.1. The van der Waals surface area contributed by atoms with Gasteiger partial charge in [0.05, 0.1) is 18.6 Å². The Kier molecular flexibility index (Phi) is 4.65. The summed E-state index contributed by atoms with van der Waals surface area (Å²) in [6.07, 6.45) is 0.332. The molecule has 0 bridgehead atoms. The smallest absolute Gasteiger partial charge is 0.229 e. The van der Waals surface area contributed by atoms with E-state index in [0.717, 1.165) is 5.56 Å². The summed E-state index contributed by atoms with van der Waals surface area (Å²) in [5.74, 6) is 1.04. The predicted octanol–water partition coefficient (Wildman–Crippen LogP) is 1.92. The Morgan fingerprint density at radius 1 is 1.26 bits per heavy atom. The molecule has 102 valence electrons. The molecule has 1 aromatic heterocycles. The molecule has 19 heavy (non-hydrogen) atoms. The summed E-state index contributed by atoms with van der Waals surface area (Å²) < 4.78 is 10.3. The largest absolute Gasteiger partial charge is 0.388 e. The molecule has 1 N–H and O–H groups in total. The van der Waals surface area contributed by atoms with Gasteiger partial charge in [0.1, 0.15) is 0 Å². The summed E-state index contributed by atoms with van der Waals surface area (Å²) in [5, 5.41) is 13.9. The number of ether oxygens (including phenoxy) is 1. The molecule has 0 saturated heterocycles. The minimum atomic E-state index is -0.630. The highest BCUT2D eigenvalue weighted by atomic mass is 16.5. The second-order valence-corrected chi connectivity index (χ2v) is 4.49. The van der Waals surface area contributed by atoms with E-state index in [2.05, 4.69) is 10.1 Å². The quantitative estimate of drug-likeness (QED) is 0.861. The van der Waals surface area contributed by atoms with Gasteiger partial charge in [0.25, 0.3) is 0 Å². The Morgan fingerprint density at radius 3 is 2.68 bits per heavy atom. The lowest BCUT2D eigenvalue weighted by molar-refractivity contribution is 0.116. The van der Waals surface area contributed by atoms with Crippen LogP contribution in [0.2, 0.25) is 0 Å². The van der Waals surface area contributed by atoms with Gasteiger partial charge in [-0.3, -0.25) is 0 Å². The summed E-state index contributed by atoms with van der Waals surface area (Å²) in [4.78, 5) is 4.25. The summed E-state index contributed by atoms with van der Waals surface area (Å²) in [6.45, 7) is 1.94. The average molecular weight is 262 g/mol. The van der Waals surface area contributed by atoms with Crippen molar-refractivity contribution >= 4 is 0 Å². The van der Waals surface area contributed by atoms with Gasteiger partial charge in [0, 0.05) is 13.5 Å². The second-order valence-electron chi connectivity index (χ2n) is 4.49. The standard InChI is InChI=1S/C14H18N2O3/c1-10(18-2)8-13-15-14(19-16-13)9-12(17)11-6-4-3-5-7-11/h3-7,10,12,17H,8-9H2,1-2H3. The number of aliphatic hydroxyl groups is 1. The molecule has 2 atom stereocenters. The number of hydrogen-bond acceptors (Lipinski definition) is 5. The highest BCUT2D eigenvalue weighted by molar-refractivity contribution is 5.18. The zero-order valence-corrected chi connectivity index (χ0v) is 11.1. The molecule has 1 aromatic carbocycles. The number of rotatable bonds is 6. The van der Waals surface area contributed by atoms with E-state index in [4.69, 9.17) is 9.26 Å². The van der Waals surface area contributed by atoms with Crippen molar-refractivity contribution in [3.63, 3.8) is 0 Å². The summed E-state index contributed by atoms with van der Waals surface area (Å²) in [6, 6.07) is 9.42. The van der Waals surface area contributed by atoms with Gasteiger partial charge in [0.2, 0.25) is 5.89 Å². The normalized spacial score (nSPS) is 14.3. The fraction of sp³-hybridized carbons (Fsp3) is 0.429. The Balaban J connectivity index is 1.96. The molecule has 0 aliphatic heterocycles. The average Bonchev–Trinajstić information content (AvgIpc) is 2.86. The van der Waals surface area contributed by atoms with E-state index in [-0.39, 0.29) is 6.10 Å². The van der Waals surface area contributed by atoms with Crippen LogP contribution >= 0.6 is 0 Å². The Morgan fingerprint density at radius 2 is 2.00 bits per heavy atom. The third-order valence-corrected chi connectivity index (χ3v) is 2.93. The first-order chi connectivity index (χ1) is 9.19. The lowest BCUT2D eigenvalue weighted by atomic mass is 10.1. The van der Waals surface area contributed by atoms with Gasteiger partial charge in [-0.05, 0) is 12.5 Å². The molecule has 1 heterocycles. The molecule has 0 radical (unpaired) electrons. The Bertz CT molecular complexity index is 498. The first-order valence-corrected chi connectivity index (χ1v) is 6.26. The molecule has 0 saturated carbocycles. The number of aliphatic hydroxyl groups excluding tert-OH is 1. The van der Waals surface area contributed by atoms with Crippen molar-refractivity contribution in [3.8, 4) is 0 Å².